The molecule has 0 saturated carbocycles. The zero-order valence-corrected chi connectivity index (χ0v) is 13.1. The molecule has 0 fully saturated rings. The highest BCUT2D eigenvalue weighted by molar-refractivity contribution is 9.09. The lowest BCUT2D eigenvalue weighted by Gasteiger charge is -2.09. The fourth-order valence-electron chi connectivity index (χ4n) is 2.26. The lowest BCUT2D eigenvalue weighted by molar-refractivity contribution is 0.502. The zero-order chi connectivity index (χ0) is 13.8. The molecule has 1 unspecified atom stereocenters. The van der Waals surface area contributed by atoms with Crippen molar-refractivity contribution in [2.45, 2.75) is 50.9 Å². The van der Waals surface area contributed by atoms with Crippen LogP contribution in [0.15, 0.2) is 27.4 Å². The average Bonchev–Trinajstić information content (AvgIpc) is 2.72. The highest BCUT2D eigenvalue weighted by Gasteiger charge is 2.12. The molecule has 104 valence electrons. The third-order valence-corrected chi connectivity index (χ3v) is 4.30. The van der Waals surface area contributed by atoms with Gasteiger partial charge < -0.3 is 4.42 Å². The first-order chi connectivity index (χ1) is 9.17. The van der Waals surface area contributed by atoms with E-state index in [0.717, 1.165) is 18.4 Å². The normalized spacial score (nSPS) is 13.0. The smallest absolute Gasteiger partial charge is 0.408 e. The molecule has 0 aliphatic heterocycles. The van der Waals surface area contributed by atoms with Crippen LogP contribution in [-0.2, 0) is 6.54 Å². The maximum atomic E-state index is 11.8. The van der Waals surface area contributed by atoms with Gasteiger partial charge >= 0.3 is 5.76 Å². The number of hydrogen-bond acceptors (Lipinski definition) is 2. The fourth-order valence-corrected chi connectivity index (χ4v) is 2.87. The molecular weight excluding hydrogens is 306 g/mol. The molecule has 0 spiro atoms. The van der Waals surface area contributed by atoms with Gasteiger partial charge in [0.1, 0.15) is 0 Å². The van der Waals surface area contributed by atoms with Crippen LogP contribution in [0.2, 0.25) is 0 Å². The van der Waals surface area contributed by atoms with Gasteiger partial charge in [0.05, 0.1) is 5.52 Å². The molecule has 0 N–H and O–H groups in total. The van der Waals surface area contributed by atoms with E-state index in [1.807, 2.05) is 12.1 Å². The Balaban J connectivity index is 2.34. The number of benzene rings is 1. The first kappa shape index (κ1) is 14.4. The molecule has 0 amide bonds. The third kappa shape index (κ3) is 3.11. The van der Waals surface area contributed by atoms with Crippen LogP contribution < -0.4 is 5.76 Å². The number of hydrogen-bond donors (Lipinski definition) is 0. The SMILES string of the molecule is CCCCC(Br)c1ccc2c(c1)oc(=O)n2CCC. The number of unbranched alkanes of at least 4 members (excludes halogenated alkanes) is 1. The Labute approximate surface area is 121 Å². The van der Waals surface area contributed by atoms with E-state index in [0.29, 0.717) is 17.0 Å². The van der Waals surface area contributed by atoms with Gasteiger partial charge in [0.15, 0.2) is 5.58 Å². The number of aryl methyl sites for hydroxylation is 1. The van der Waals surface area contributed by atoms with Gasteiger partial charge in [0, 0.05) is 11.4 Å². The molecule has 0 radical (unpaired) electrons. The van der Waals surface area contributed by atoms with Crippen LogP contribution >= 0.6 is 15.9 Å². The van der Waals surface area contributed by atoms with Gasteiger partial charge in [-0.1, -0.05) is 48.7 Å². The van der Waals surface area contributed by atoms with Crippen molar-refractivity contribution >= 4 is 27.0 Å². The summed E-state index contributed by atoms with van der Waals surface area (Å²) in [4.78, 5) is 12.1. The van der Waals surface area contributed by atoms with Gasteiger partial charge in [-0.3, -0.25) is 4.57 Å². The summed E-state index contributed by atoms with van der Waals surface area (Å²) in [5.74, 6) is -0.256. The molecule has 0 aliphatic rings. The van der Waals surface area contributed by atoms with E-state index in [2.05, 4.69) is 35.8 Å². The van der Waals surface area contributed by atoms with Crippen molar-refractivity contribution in [2.24, 2.45) is 0 Å². The highest BCUT2D eigenvalue weighted by atomic mass is 79.9. The quantitative estimate of drug-likeness (QED) is 0.726. The Morgan fingerprint density at radius 2 is 2.11 bits per heavy atom. The zero-order valence-electron chi connectivity index (χ0n) is 11.5. The Bertz CT molecular complexity index is 600. The Morgan fingerprint density at radius 3 is 2.79 bits per heavy atom. The molecule has 19 heavy (non-hydrogen) atoms. The van der Waals surface area contributed by atoms with Gasteiger partial charge in [0.25, 0.3) is 0 Å². The van der Waals surface area contributed by atoms with Gasteiger partial charge in [-0.25, -0.2) is 4.79 Å². The van der Waals surface area contributed by atoms with Crippen molar-refractivity contribution in [1.82, 2.24) is 4.57 Å². The maximum Gasteiger partial charge on any atom is 0.419 e. The second-order valence-corrected chi connectivity index (χ2v) is 5.96. The van der Waals surface area contributed by atoms with Crippen molar-refractivity contribution in [2.75, 3.05) is 0 Å². The molecule has 1 atom stereocenters. The molecule has 3 nitrogen and oxygen atoms in total. The van der Waals surface area contributed by atoms with E-state index < -0.39 is 0 Å². The molecule has 0 aliphatic carbocycles. The Morgan fingerprint density at radius 1 is 1.32 bits per heavy atom. The van der Waals surface area contributed by atoms with Crippen molar-refractivity contribution in [1.29, 1.82) is 0 Å². The number of halogens is 1. The van der Waals surface area contributed by atoms with E-state index >= 15 is 0 Å². The van der Waals surface area contributed by atoms with Gasteiger partial charge in [-0.2, -0.15) is 0 Å². The number of oxazole rings is 1. The molecule has 1 aromatic carbocycles. The molecular formula is C15H20BrNO2. The predicted molar refractivity (Wildman–Crippen MR) is 82.0 cm³/mol. The first-order valence-corrected chi connectivity index (χ1v) is 7.86. The Hall–Kier alpha value is -1.03. The van der Waals surface area contributed by atoms with E-state index in [1.54, 1.807) is 4.57 Å². The van der Waals surface area contributed by atoms with Crippen molar-refractivity contribution in [3.8, 4) is 0 Å². The summed E-state index contributed by atoms with van der Waals surface area (Å²) in [6, 6.07) is 6.06. The predicted octanol–water partition coefficient (Wildman–Crippen LogP) is 4.63. The summed E-state index contributed by atoms with van der Waals surface area (Å²) >= 11 is 3.70. The number of nitrogens with zero attached hydrogens (tertiary/aromatic N) is 1. The van der Waals surface area contributed by atoms with E-state index in [4.69, 9.17) is 4.42 Å². The van der Waals surface area contributed by atoms with Crippen LogP contribution in [0.25, 0.3) is 11.1 Å². The van der Waals surface area contributed by atoms with Crippen LogP contribution in [-0.4, -0.2) is 4.57 Å². The van der Waals surface area contributed by atoms with E-state index in [1.165, 1.54) is 18.4 Å². The summed E-state index contributed by atoms with van der Waals surface area (Å²) in [7, 11) is 0. The highest BCUT2D eigenvalue weighted by Crippen LogP contribution is 2.30. The van der Waals surface area contributed by atoms with Crippen molar-refractivity contribution in [3.05, 3.63) is 34.3 Å². The lowest BCUT2D eigenvalue weighted by Crippen LogP contribution is -2.13. The number of rotatable bonds is 6. The minimum atomic E-state index is -0.256. The lowest BCUT2D eigenvalue weighted by atomic mass is 10.1. The minimum Gasteiger partial charge on any atom is -0.408 e. The summed E-state index contributed by atoms with van der Waals surface area (Å²) in [5, 5.41) is 0. The summed E-state index contributed by atoms with van der Waals surface area (Å²) in [6.45, 7) is 4.95. The Kier molecular flexibility index (Phi) is 4.86. The van der Waals surface area contributed by atoms with Crippen LogP contribution in [0.1, 0.15) is 49.9 Å². The largest absolute Gasteiger partial charge is 0.419 e. The van der Waals surface area contributed by atoms with Crippen LogP contribution in [0.5, 0.6) is 0 Å². The topological polar surface area (TPSA) is 35.1 Å². The van der Waals surface area contributed by atoms with Gasteiger partial charge in [-0.15, -0.1) is 0 Å². The summed E-state index contributed by atoms with van der Waals surface area (Å²) in [5.41, 5.74) is 2.76. The molecule has 1 aromatic heterocycles. The molecule has 0 saturated heterocycles. The average molecular weight is 326 g/mol. The second kappa shape index (κ2) is 6.42. The second-order valence-electron chi connectivity index (χ2n) is 4.86. The van der Waals surface area contributed by atoms with Crippen molar-refractivity contribution in [3.63, 3.8) is 0 Å². The number of fused-ring (bicyclic) bond motifs is 1. The van der Waals surface area contributed by atoms with Crippen LogP contribution in [0.4, 0.5) is 0 Å². The minimum absolute atomic E-state index is 0.256. The monoisotopic (exact) mass is 325 g/mol. The summed E-state index contributed by atoms with van der Waals surface area (Å²) in [6.07, 6.45) is 4.40. The molecule has 2 aromatic rings. The fraction of sp³-hybridized carbons (Fsp3) is 0.533. The molecule has 2 rings (SSSR count). The van der Waals surface area contributed by atoms with Gasteiger partial charge in [0.2, 0.25) is 0 Å². The number of alkyl halides is 1. The van der Waals surface area contributed by atoms with E-state index in [9.17, 15) is 4.79 Å². The first-order valence-electron chi connectivity index (χ1n) is 6.94. The molecule has 0 bridgehead atoms. The number of aromatic nitrogens is 1. The summed E-state index contributed by atoms with van der Waals surface area (Å²) < 4.78 is 7.04. The van der Waals surface area contributed by atoms with Gasteiger partial charge in [-0.05, 0) is 30.5 Å². The van der Waals surface area contributed by atoms with Crippen LogP contribution in [0, 0.1) is 0 Å². The van der Waals surface area contributed by atoms with E-state index in [-0.39, 0.29) is 5.76 Å². The standard InChI is InChI=1S/C15H20BrNO2/c1-3-5-6-12(16)11-7-8-13-14(10-11)19-15(18)17(13)9-4-2/h7-8,10,12H,3-6,9H2,1-2H3. The third-order valence-electron chi connectivity index (χ3n) is 3.31. The van der Waals surface area contributed by atoms with Crippen molar-refractivity contribution < 1.29 is 4.42 Å². The molecule has 4 heteroatoms. The molecule has 1 heterocycles. The maximum absolute atomic E-state index is 11.8. The van der Waals surface area contributed by atoms with Crippen LogP contribution in [0.3, 0.4) is 0 Å².